The Kier molecular flexibility index (Phi) is 3.04. The highest BCUT2D eigenvalue weighted by molar-refractivity contribution is 5.98. The van der Waals surface area contributed by atoms with Crippen LogP contribution in [0.25, 0.3) is 0 Å². The zero-order valence-electron chi connectivity index (χ0n) is 12.1. The minimum Gasteiger partial charge on any atom is -0.466 e. The lowest BCUT2D eigenvalue weighted by atomic mass is 10.1. The number of alkyl halides is 3. The summed E-state index contributed by atoms with van der Waals surface area (Å²) in [7, 11) is 0. The van der Waals surface area contributed by atoms with Crippen molar-refractivity contribution in [3.63, 3.8) is 0 Å². The van der Waals surface area contributed by atoms with Crippen molar-refractivity contribution in [2.24, 2.45) is 16.9 Å². The molecule has 2 fully saturated rings. The molecule has 1 aromatic carbocycles. The second-order valence-electron chi connectivity index (χ2n) is 6.13. The Labute approximate surface area is 130 Å². The van der Waals surface area contributed by atoms with Gasteiger partial charge in [-0.2, -0.15) is 13.2 Å². The number of hydrogen-bond donors (Lipinski definition) is 1. The SMILES string of the molecule is O=C1COC(c2ccc(N3CC4CC4C3)c(C(F)(F)F)c2)=NN1. The number of fused-ring (bicyclic) bond motifs is 1. The van der Waals surface area contributed by atoms with Gasteiger partial charge in [-0.25, -0.2) is 5.43 Å². The normalized spacial score (nSPS) is 26.3. The minimum atomic E-state index is -4.46. The molecule has 2 unspecified atom stereocenters. The average Bonchev–Trinajstić information content (AvgIpc) is 3.13. The maximum absolute atomic E-state index is 13.4. The molecule has 3 aliphatic rings. The molecule has 8 heteroatoms. The summed E-state index contributed by atoms with van der Waals surface area (Å²) in [6.07, 6.45) is -3.34. The van der Waals surface area contributed by atoms with Gasteiger partial charge in [0.1, 0.15) is 0 Å². The van der Waals surface area contributed by atoms with Crippen molar-refractivity contribution in [1.29, 1.82) is 0 Å². The fourth-order valence-corrected chi connectivity index (χ4v) is 3.23. The second-order valence-corrected chi connectivity index (χ2v) is 6.13. The quantitative estimate of drug-likeness (QED) is 0.904. The van der Waals surface area contributed by atoms with Gasteiger partial charge in [0, 0.05) is 24.3 Å². The van der Waals surface area contributed by atoms with Crippen LogP contribution in [0.15, 0.2) is 23.3 Å². The van der Waals surface area contributed by atoms with Crippen molar-refractivity contribution >= 4 is 17.5 Å². The number of nitrogens with zero attached hydrogens (tertiary/aromatic N) is 2. The number of hydrogen-bond acceptors (Lipinski definition) is 4. The Hall–Kier alpha value is -2.25. The van der Waals surface area contributed by atoms with Crippen LogP contribution in [0.2, 0.25) is 0 Å². The summed E-state index contributed by atoms with van der Waals surface area (Å²) >= 11 is 0. The summed E-state index contributed by atoms with van der Waals surface area (Å²) in [5.41, 5.74) is 1.91. The fraction of sp³-hybridized carbons (Fsp3) is 0.467. The first kappa shape index (κ1) is 14.3. The highest BCUT2D eigenvalue weighted by atomic mass is 19.4. The monoisotopic (exact) mass is 325 g/mol. The molecule has 0 spiro atoms. The van der Waals surface area contributed by atoms with Gasteiger partial charge in [0.25, 0.3) is 5.91 Å². The maximum atomic E-state index is 13.4. The summed E-state index contributed by atoms with van der Waals surface area (Å²) in [6, 6.07) is 4.05. The molecule has 0 aromatic heterocycles. The van der Waals surface area contributed by atoms with E-state index in [9.17, 15) is 18.0 Å². The molecule has 1 aromatic rings. The van der Waals surface area contributed by atoms with Gasteiger partial charge in [-0.3, -0.25) is 4.79 Å². The number of benzene rings is 1. The first-order valence-electron chi connectivity index (χ1n) is 7.38. The maximum Gasteiger partial charge on any atom is 0.418 e. The molecule has 2 heterocycles. The Morgan fingerprint density at radius 3 is 2.61 bits per heavy atom. The van der Waals surface area contributed by atoms with Crippen LogP contribution in [0.1, 0.15) is 17.5 Å². The van der Waals surface area contributed by atoms with E-state index in [-0.39, 0.29) is 23.8 Å². The lowest BCUT2D eigenvalue weighted by Crippen LogP contribution is -2.32. The van der Waals surface area contributed by atoms with Crippen molar-refractivity contribution < 1.29 is 22.7 Å². The molecule has 0 bridgehead atoms. The van der Waals surface area contributed by atoms with Crippen LogP contribution in [-0.4, -0.2) is 31.5 Å². The van der Waals surface area contributed by atoms with Gasteiger partial charge in [0.05, 0.1) is 5.56 Å². The summed E-state index contributed by atoms with van der Waals surface area (Å²) in [5.74, 6) is 0.637. The molecule has 4 rings (SSSR count). The van der Waals surface area contributed by atoms with E-state index in [1.165, 1.54) is 6.07 Å². The molecule has 1 aliphatic carbocycles. The lowest BCUT2D eigenvalue weighted by molar-refractivity contribution is -0.137. The van der Waals surface area contributed by atoms with E-state index in [1.807, 2.05) is 0 Å². The van der Waals surface area contributed by atoms with Crippen molar-refractivity contribution in [2.75, 3.05) is 24.6 Å². The number of hydrazone groups is 1. The van der Waals surface area contributed by atoms with Crippen molar-refractivity contribution in [2.45, 2.75) is 12.6 Å². The number of piperidine rings is 1. The van der Waals surface area contributed by atoms with Gasteiger partial charge in [0.2, 0.25) is 5.90 Å². The predicted molar refractivity (Wildman–Crippen MR) is 75.9 cm³/mol. The molecule has 5 nitrogen and oxygen atoms in total. The first-order chi connectivity index (χ1) is 10.9. The third-order valence-electron chi connectivity index (χ3n) is 4.49. The second kappa shape index (κ2) is 4.87. The number of ether oxygens (including phenoxy) is 1. The summed E-state index contributed by atoms with van der Waals surface area (Å²) in [6.45, 7) is 1.11. The van der Waals surface area contributed by atoms with E-state index in [2.05, 4.69) is 10.5 Å². The minimum absolute atomic E-state index is 0.00841. The van der Waals surface area contributed by atoms with Crippen LogP contribution in [0.4, 0.5) is 18.9 Å². The van der Waals surface area contributed by atoms with Crippen LogP contribution < -0.4 is 10.3 Å². The number of rotatable bonds is 2. The number of carbonyl (C=O) groups excluding carboxylic acids is 1. The van der Waals surface area contributed by atoms with Gasteiger partial charge in [0.15, 0.2) is 6.61 Å². The number of carbonyl (C=O) groups is 1. The average molecular weight is 325 g/mol. The van der Waals surface area contributed by atoms with E-state index < -0.39 is 17.6 Å². The van der Waals surface area contributed by atoms with Crippen LogP contribution in [0, 0.1) is 11.8 Å². The Bertz CT molecular complexity index is 692. The number of nitrogens with one attached hydrogen (secondary N) is 1. The largest absolute Gasteiger partial charge is 0.466 e. The zero-order valence-corrected chi connectivity index (χ0v) is 12.1. The summed E-state index contributed by atoms with van der Waals surface area (Å²) in [4.78, 5) is 12.8. The summed E-state index contributed by atoms with van der Waals surface area (Å²) in [5, 5.41) is 3.66. The van der Waals surface area contributed by atoms with Crippen LogP contribution in [-0.2, 0) is 15.7 Å². The Morgan fingerprint density at radius 1 is 1.26 bits per heavy atom. The molecule has 1 N–H and O–H groups in total. The van der Waals surface area contributed by atoms with E-state index in [1.54, 1.807) is 11.0 Å². The molecule has 23 heavy (non-hydrogen) atoms. The fourth-order valence-electron chi connectivity index (χ4n) is 3.23. The molecule has 1 saturated carbocycles. The molecule has 0 radical (unpaired) electrons. The number of anilines is 1. The van der Waals surface area contributed by atoms with E-state index in [0.717, 1.165) is 12.5 Å². The molecule has 1 saturated heterocycles. The highest BCUT2D eigenvalue weighted by Crippen LogP contribution is 2.48. The molecule has 2 aliphatic heterocycles. The van der Waals surface area contributed by atoms with Gasteiger partial charge >= 0.3 is 6.18 Å². The predicted octanol–water partition coefficient (Wildman–Crippen LogP) is 1.97. The topological polar surface area (TPSA) is 53.9 Å². The molecular weight excluding hydrogens is 311 g/mol. The number of amides is 1. The Morgan fingerprint density at radius 2 is 2.00 bits per heavy atom. The Balaban J connectivity index is 1.69. The van der Waals surface area contributed by atoms with Crippen LogP contribution >= 0.6 is 0 Å². The van der Waals surface area contributed by atoms with Crippen molar-refractivity contribution in [3.05, 3.63) is 29.3 Å². The third-order valence-corrected chi connectivity index (χ3v) is 4.49. The molecule has 1 amide bonds. The van der Waals surface area contributed by atoms with Crippen molar-refractivity contribution in [1.82, 2.24) is 5.43 Å². The standard InChI is InChI=1S/C15H14F3N3O2/c16-15(17,18)11-4-8(14-20-19-13(22)7-23-14)1-2-12(11)21-5-9-3-10(9)6-21/h1-2,4,9-10H,3,5-7H2,(H,19,22). The van der Waals surface area contributed by atoms with Gasteiger partial charge in [-0.15, -0.1) is 5.10 Å². The van der Waals surface area contributed by atoms with E-state index in [0.29, 0.717) is 24.9 Å². The van der Waals surface area contributed by atoms with Crippen LogP contribution in [0.3, 0.4) is 0 Å². The highest BCUT2D eigenvalue weighted by Gasteiger charge is 2.47. The summed E-state index contributed by atoms with van der Waals surface area (Å²) < 4.78 is 45.4. The lowest BCUT2D eigenvalue weighted by Gasteiger charge is -2.25. The number of halogens is 3. The van der Waals surface area contributed by atoms with E-state index in [4.69, 9.17) is 4.74 Å². The smallest absolute Gasteiger partial charge is 0.418 e. The van der Waals surface area contributed by atoms with Gasteiger partial charge < -0.3 is 9.64 Å². The zero-order chi connectivity index (χ0) is 16.2. The first-order valence-corrected chi connectivity index (χ1v) is 7.38. The molecular formula is C15H14F3N3O2. The molecule has 122 valence electrons. The van der Waals surface area contributed by atoms with Crippen LogP contribution in [0.5, 0.6) is 0 Å². The third kappa shape index (κ3) is 2.62. The van der Waals surface area contributed by atoms with Gasteiger partial charge in [-0.1, -0.05) is 0 Å². The van der Waals surface area contributed by atoms with Gasteiger partial charge in [-0.05, 0) is 36.5 Å². The molecule has 2 atom stereocenters. The van der Waals surface area contributed by atoms with E-state index >= 15 is 0 Å². The van der Waals surface area contributed by atoms with Crippen molar-refractivity contribution in [3.8, 4) is 0 Å².